The van der Waals surface area contributed by atoms with Gasteiger partial charge >= 0.3 is 16.4 Å². The second kappa shape index (κ2) is 6.43. The summed E-state index contributed by atoms with van der Waals surface area (Å²) in [4.78, 5) is 25.9. The van der Waals surface area contributed by atoms with Gasteiger partial charge in [-0.05, 0) is 12.8 Å². The Balaban J connectivity index is 1.64. The number of carbonyl (C=O) groups is 2. The maximum atomic E-state index is 12.4. The molecule has 0 radical (unpaired) electrons. The smallest absolute Gasteiger partial charge is 0.309 e. The summed E-state index contributed by atoms with van der Waals surface area (Å²) in [6.45, 7) is 1.69. The maximum absolute atomic E-state index is 12.4. The van der Waals surface area contributed by atoms with Gasteiger partial charge in [0.05, 0.1) is 6.04 Å². The summed E-state index contributed by atoms with van der Waals surface area (Å²) < 4.78 is 34.7. The maximum Gasteiger partial charge on any atom is 0.418 e. The standard InChI is InChI=1S/C11H18N4O6S2/c16-10(12-13-3-5-22-6-4-13)9-2-1-8-7-14(9)11(17)15(8)21-23(18,19)20/h8-9H,1-7H2,(H,12,16)(H,18,19,20)/t8-,9+/m1/s1. The van der Waals surface area contributed by atoms with E-state index in [2.05, 4.69) is 9.71 Å². The van der Waals surface area contributed by atoms with E-state index in [0.29, 0.717) is 17.9 Å². The molecule has 130 valence electrons. The van der Waals surface area contributed by atoms with Gasteiger partial charge in [-0.15, -0.1) is 4.28 Å². The van der Waals surface area contributed by atoms with Gasteiger partial charge in [0.2, 0.25) is 0 Å². The largest absolute Gasteiger partial charge is 0.418 e. The molecule has 23 heavy (non-hydrogen) atoms. The number of hydroxylamine groups is 2. The van der Waals surface area contributed by atoms with Crippen molar-refractivity contribution in [2.24, 2.45) is 0 Å². The average molecular weight is 366 g/mol. The zero-order valence-corrected chi connectivity index (χ0v) is 13.9. The first-order chi connectivity index (χ1) is 10.8. The highest BCUT2D eigenvalue weighted by Crippen LogP contribution is 2.30. The van der Waals surface area contributed by atoms with E-state index in [1.54, 1.807) is 0 Å². The Hall–Kier alpha value is -1.08. The Bertz CT molecular complexity index is 593. The monoisotopic (exact) mass is 366 g/mol. The van der Waals surface area contributed by atoms with Crippen molar-refractivity contribution < 1.29 is 26.8 Å². The van der Waals surface area contributed by atoms with E-state index < -0.39 is 28.5 Å². The van der Waals surface area contributed by atoms with Crippen LogP contribution in [0.5, 0.6) is 0 Å². The first kappa shape index (κ1) is 16.8. The van der Waals surface area contributed by atoms with Crippen LogP contribution < -0.4 is 5.43 Å². The zero-order chi connectivity index (χ0) is 16.6. The number of nitrogens with zero attached hydrogens (tertiary/aromatic N) is 3. The number of hydrogen-bond acceptors (Lipinski definition) is 7. The van der Waals surface area contributed by atoms with Gasteiger partial charge in [0.25, 0.3) is 5.91 Å². The van der Waals surface area contributed by atoms with Gasteiger partial charge in [-0.1, -0.05) is 0 Å². The lowest BCUT2D eigenvalue weighted by Gasteiger charge is -2.33. The molecule has 12 heteroatoms. The number of hydrogen-bond donors (Lipinski definition) is 2. The molecule has 10 nitrogen and oxygen atoms in total. The molecule has 3 heterocycles. The van der Waals surface area contributed by atoms with Gasteiger partial charge in [0, 0.05) is 31.1 Å². The highest BCUT2D eigenvalue weighted by Gasteiger charge is 2.49. The molecule has 2 bridgehead atoms. The molecule has 3 fully saturated rings. The minimum Gasteiger partial charge on any atom is -0.309 e. The van der Waals surface area contributed by atoms with Crippen LogP contribution in [0.25, 0.3) is 0 Å². The normalized spacial score (nSPS) is 29.0. The summed E-state index contributed by atoms with van der Waals surface area (Å²) in [5.74, 6) is 1.59. The highest BCUT2D eigenvalue weighted by molar-refractivity contribution is 7.99. The van der Waals surface area contributed by atoms with Crippen LogP contribution in [0.3, 0.4) is 0 Å². The molecule has 2 N–H and O–H groups in total. The number of hydrazine groups is 1. The second-order valence-electron chi connectivity index (χ2n) is 5.59. The van der Waals surface area contributed by atoms with Gasteiger partial charge in [-0.2, -0.15) is 25.2 Å². The van der Waals surface area contributed by atoms with E-state index in [1.807, 2.05) is 16.8 Å². The van der Waals surface area contributed by atoms with E-state index in [9.17, 15) is 18.0 Å². The fourth-order valence-electron chi connectivity index (χ4n) is 3.01. The van der Waals surface area contributed by atoms with Crippen LogP contribution in [0.2, 0.25) is 0 Å². The molecule has 0 aromatic carbocycles. The van der Waals surface area contributed by atoms with Crippen molar-refractivity contribution in [3.05, 3.63) is 0 Å². The van der Waals surface area contributed by atoms with Crippen LogP contribution in [-0.2, 0) is 19.5 Å². The summed E-state index contributed by atoms with van der Waals surface area (Å²) in [6.07, 6.45) is 0.835. The Morgan fingerprint density at radius 1 is 1.30 bits per heavy atom. The van der Waals surface area contributed by atoms with Crippen LogP contribution >= 0.6 is 11.8 Å². The van der Waals surface area contributed by atoms with Crippen molar-refractivity contribution in [1.82, 2.24) is 20.4 Å². The zero-order valence-electron chi connectivity index (χ0n) is 12.3. The van der Waals surface area contributed by atoms with Gasteiger partial charge < -0.3 is 4.90 Å². The summed E-state index contributed by atoms with van der Waals surface area (Å²) in [7, 11) is -4.77. The lowest BCUT2D eigenvalue weighted by atomic mass is 10.0. The number of urea groups is 1. The molecule has 2 atom stereocenters. The lowest BCUT2D eigenvalue weighted by molar-refractivity contribution is -0.130. The van der Waals surface area contributed by atoms with Crippen LogP contribution in [0.4, 0.5) is 4.79 Å². The van der Waals surface area contributed by atoms with E-state index in [4.69, 9.17) is 4.55 Å². The molecule has 0 aliphatic carbocycles. The number of amides is 3. The Labute approximate surface area is 138 Å². The predicted octanol–water partition coefficient (Wildman–Crippen LogP) is -0.931. The van der Waals surface area contributed by atoms with Crippen LogP contribution in [0.1, 0.15) is 12.8 Å². The van der Waals surface area contributed by atoms with Crippen molar-refractivity contribution in [3.63, 3.8) is 0 Å². The highest BCUT2D eigenvalue weighted by atomic mass is 32.3. The van der Waals surface area contributed by atoms with Crippen molar-refractivity contribution in [2.45, 2.75) is 24.9 Å². The van der Waals surface area contributed by atoms with E-state index in [1.165, 1.54) is 4.90 Å². The van der Waals surface area contributed by atoms with E-state index >= 15 is 0 Å². The summed E-state index contributed by atoms with van der Waals surface area (Å²) in [6, 6.07) is -1.87. The molecule has 0 aromatic heterocycles. The van der Waals surface area contributed by atoms with Crippen molar-refractivity contribution in [3.8, 4) is 0 Å². The number of piperidine rings is 1. The van der Waals surface area contributed by atoms with E-state index in [0.717, 1.165) is 24.6 Å². The molecular formula is C11H18N4O6S2. The Kier molecular flexibility index (Phi) is 4.69. The molecule has 0 saturated carbocycles. The fraction of sp³-hybridized carbons (Fsp3) is 0.818. The van der Waals surface area contributed by atoms with Crippen molar-refractivity contribution >= 4 is 34.1 Å². The minimum absolute atomic E-state index is 0.197. The van der Waals surface area contributed by atoms with Crippen LogP contribution in [0, 0.1) is 0 Å². The van der Waals surface area contributed by atoms with Crippen LogP contribution in [-0.4, -0.2) is 83.1 Å². The van der Waals surface area contributed by atoms with Gasteiger partial charge in [0.15, 0.2) is 0 Å². The van der Waals surface area contributed by atoms with Crippen LogP contribution in [0.15, 0.2) is 0 Å². The SMILES string of the molecule is O=C(NN1CCSCC1)[C@@H]1CC[C@@H]2CN1C(=O)N2OS(=O)(=O)O. The first-order valence-electron chi connectivity index (χ1n) is 7.25. The summed E-state index contributed by atoms with van der Waals surface area (Å²) in [5, 5.41) is 2.47. The predicted molar refractivity (Wildman–Crippen MR) is 80.4 cm³/mol. The molecule has 3 amide bonds. The molecular weight excluding hydrogens is 348 g/mol. The first-order valence-corrected chi connectivity index (χ1v) is 9.77. The van der Waals surface area contributed by atoms with Gasteiger partial charge in [0.1, 0.15) is 6.04 Å². The lowest BCUT2D eigenvalue weighted by Crippen LogP contribution is -2.55. The van der Waals surface area contributed by atoms with Gasteiger partial charge in [-0.25, -0.2) is 9.80 Å². The fourth-order valence-corrected chi connectivity index (χ4v) is 4.30. The Morgan fingerprint density at radius 3 is 2.65 bits per heavy atom. The molecule has 0 aromatic rings. The number of thioether (sulfide) groups is 1. The summed E-state index contributed by atoms with van der Waals surface area (Å²) in [5.41, 5.74) is 2.82. The number of fused-ring (bicyclic) bond motifs is 2. The molecule has 3 aliphatic heterocycles. The molecule has 3 saturated heterocycles. The third-order valence-electron chi connectivity index (χ3n) is 4.08. The van der Waals surface area contributed by atoms with Crippen molar-refractivity contribution in [2.75, 3.05) is 31.1 Å². The molecule has 0 spiro atoms. The number of rotatable bonds is 4. The van der Waals surface area contributed by atoms with E-state index in [-0.39, 0.29) is 12.5 Å². The molecule has 0 unspecified atom stereocenters. The average Bonchev–Trinajstić information content (AvgIpc) is 2.72. The number of nitrogens with one attached hydrogen (secondary N) is 1. The Morgan fingerprint density at radius 2 is 2.00 bits per heavy atom. The molecule has 3 aliphatic rings. The second-order valence-corrected chi connectivity index (χ2v) is 7.81. The van der Waals surface area contributed by atoms with Crippen molar-refractivity contribution in [1.29, 1.82) is 0 Å². The quantitative estimate of drug-likeness (QED) is 0.613. The third-order valence-corrected chi connectivity index (χ3v) is 5.37. The summed E-state index contributed by atoms with van der Waals surface area (Å²) >= 11 is 1.82. The van der Waals surface area contributed by atoms with Gasteiger partial charge in [-0.3, -0.25) is 14.8 Å². The minimum atomic E-state index is -4.77. The molecule has 3 rings (SSSR count). The number of carbonyl (C=O) groups excluding carboxylic acids is 2. The third kappa shape index (κ3) is 3.71. The topological polar surface area (TPSA) is 119 Å².